The molecular weight excluding hydrogens is 284 g/mol. The van der Waals surface area contributed by atoms with Gasteiger partial charge in [0.05, 0.1) is 6.61 Å². The van der Waals surface area contributed by atoms with Gasteiger partial charge in [-0.15, -0.1) is 0 Å². The highest BCUT2D eigenvalue weighted by atomic mass is 16.5. The largest absolute Gasteiger partial charge is 0.491 e. The van der Waals surface area contributed by atoms with Gasteiger partial charge in [-0.25, -0.2) is 0 Å². The topological polar surface area (TPSA) is 18.5 Å². The lowest BCUT2D eigenvalue weighted by molar-refractivity contribution is 0.110. The number of hydrogen-bond donors (Lipinski definition) is 0. The van der Waals surface area contributed by atoms with Gasteiger partial charge in [0.25, 0.3) is 0 Å². The van der Waals surface area contributed by atoms with Crippen LogP contribution in [0.25, 0.3) is 0 Å². The van der Waals surface area contributed by atoms with E-state index in [-0.39, 0.29) is 0 Å². The molecule has 0 spiro atoms. The molecule has 0 aromatic heterocycles. The van der Waals surface area contributed by atoms with Crippen molar-refractivity contribution in [1.82, 2.24) is 0 Å². The lowest BCUT2D eigenvalue weighted by Crippen LogP contribution is -2.13. The van der Waals surface area contributed by atoms with Crippen molar-refractivity contribution < 1.29 is 9.47 Å². The van der Waals surface area contributed by atoms with Gasteiger partial charge in [0.15, 0.2) is 0 Å². The summed E-state index contributed by atoms with van der Waals surface area (Å²) in [6, 6.07) is 8.76. The van der Waals surface area contributed by atoms with Crippen LogP contribution in [0.1, 0.15) is 76.7 Å². The van der Waals surface area contributed by atoms with E-state index in [1.807, 2.05) is 6.92 Å². The van der Waals surface area contributed by atoms with Crippen LogP contribution in [0.15, 0.2) is 24.3 Å². The molecule has 0 heterocycles. The first-order valence-corrected chi connectivity index (χ1v) is 9.64. The molecule has 0 N–H and O–H groups in total. The summed E-state index contributed by atoms with van der Waals surface area (Å²) in [4.78, 5) is 0. The van der Waals surface area contributed by atoms with E-state index in [2.05, 4.69) is 31.2 Å². The molecule has 1 aliphatic carbocycles. The van der Waals surface area contributed by atoms with Crippen LogP contribution in [0.2, 0.25) is 0 Å². The predicted octanol–water partition coefficient (Wildman–Crippen LogP) is 5.96. The van der Waals surface area contributed by atoms with Crippen molar-refractivity contribution in [2.45, 2.75) is 71.1 Å². The van der Waals surface area contributed by atoms with Gasteiger partial charge in [-0.1, -0.05) is 44.7 Å². The lowest BCUT2D eigenvalue weighted by atomic mass is 9.77. The Labute approximate surface area is 142 Å². The summed E-state index contributed by atoms with van der Waals surface area (Å²) in [5.74, 6) is 2.70. The molecule has 1 aromatic carbocycles. The number of benzene rings is 1. The average Bonchev–Trinajstić information content (AvgIpc) is 2.60. The van der Waals surface area contributed by atoms with E-state index >= 15 is 0 Å². The first-order valence-electron chi connectivity index (χ1n) is 9.64. The molecule has 0 bridgehead atoms. The van der Waals surface area contributed by atoms with E-state index in [4.69, 9.17) is 9.47 Å². The van der Waals surface area contributed by atoms with E-state index in [9.17, 15) is 0 Å². The summed E-state index contributed by atoms with van der Waals surface area (Å²) in [6.45, 7) is 6.36. The summed E-state index contributed by atoms with van der Waals surface area (Å²) in [5.41, 5.74) is 1.49. The molecule has 2 rings (SSSR count). The molecule has 2 nitrogen and oxygen atoms in total. The zero-order chi connectivity index (χ0) is 16.3. The molecule has 23 heavy (non-hydrogen) atoms. The molecular formula is C21H34O2. The highest BCUT2D eigenvalue weighted by molar-refractivity contribution is 5.29. The minimum Gasteiger partial charge on any atom is -0.491 e. The van der Waals surface area contributed by atoms with Crippen LogP contribution in [0, 0.1) is 5.92 Å². The normalized spacial score (nSPS) is 21.3. The molecule has 0 radical (unpaired) electrons. The molecule has 0 unspecified atom stereocenters. The summed E-state index contributed by atoms with van der Waals surface area (Å²) in [7, 11) is 0. The lowest BCUT2D eigenvalue weighted by Gasteiger charge is -2.29. The first-order chi connectivity index (χ1) is 11.3. The summed E-state index contributed by atoms with van der Waals surface area (Å²) in [5, 5.41) is 0. The number of rotatable bonds is 10. The molecule has 1 aromatic rings. The maximum Gasteiger partial charge on any atom is 0.119 e. The van der Waals surface area contributed by atoms with Crippen LogP contribution in [0.5, 0.6) is 5.75 Å². The minimum absolute atomic E-state index is 0.635. The maximum atomic E-state index is 5.70. The van der Waals surface area contributed by atoms with Crippen molar-refractivity contribution in [3.8, 4) is 5.75 Å². The second-order valence-corrected chi connectivity index (χ2v) is 6.83. The molecule has 0 amide bonds. The van der Waals surface area contributed by atoms with E-state index < -0.39 is 0 Å². The van der Waals surface area contributed by atoms with E-state index in [0.717, 1.165) is 24.2 Å². The fraction of sp³-hybridized carbons (Fsp3) is 0.714. The van der Waals surface area contributed by atoms with Crippen molar-refractivity contribution in [3.05, 3.63) is 29.8 Å². The van der Waals surface area contributed by atoms with Gasteiger partial charge in [-0.05, 0) is 62.1 Å². The second kappa shape index (κ2) is 10.7. The Morgan fingerprint density at radius 1 is 0.913 bits per heavy atom. The molecule has 2 heteroatoms. The third-order valence-electron chi connectivity index (χ3n) is 5.11. The third kappa shape index (κ3) is 6.55. The quantitative estimate of drug-likeness (QED) is 0.496. The van der Waals surface area contributed by atoms with E-state index in [1.54, 1.807) is 0 Å². The fourth-order valence-corrected chi connectivity index (χ4v) is 3.67. The van der Waals surface area contributed by atoms with E-state index in [0.29, 0.717) is 13.2 Å². The molecule has 1 fully saturated rings. The average molecular weight is 319 g/mol. The van der Waals surface area contributed by atoms with Crippen LogP contribution < -0.4 is 4.74 Å². The van der Waals surface area contributed by atoms with Crippen molar-refractivity contribution in [3.63, 3.8) is 0 Å². The summed E-state index contributed by atoms with van der Waals surface area (Å²) < 4.78 is 11.0. The molecule has 1 saturated carbocycles. The second-order valence-electron chi connectivity index (χ2n) is 6.83. The predicted molar refractivity (Wildman–Crippen MR) is 97.3 cm³/mol. The highest BCUT2D eigenvalue weighted by Crippen LogP contribution is 2.38. The Morgan fingerprint density at radius 2 is 1.65 bits per heavy atom. The number of hydrogen-bond acceptors (Lipinski definition) is 2. The summed E-state index contributed by atoms with van der Waals surface area (Å²) in [6.07, 6.45) is 11.2. The standard InChI is InChI=1S/C21H34O2/c1-3-5-6-7-18-8-10-19(11-9-18)20-12-14-21(15-13-20)23-17-16-22-4-2/h12-15,18-19H,3-11,16-17H2,1-2H3/t18-,19-. The first kappa shape index (κ1) is 18.3. The Hall–Kier alpha value is -1.02. The third-order valence-corrected chi connectivity index (χ3v) is 5.11. The van der Waals surface area contributed by atoms with Gasteiger partial charge in [-0.3, -0.25) is 0 Å². The van der Waals surface area contributed by atoms with Gasteiger partial charge in [0.1, 0.15) is 12.4 Å². The monoisotopic (exact) mass is 318 g/mol. The van der Waals surface area contributed by atoms with Crippen LogP contribution in [0.3, 0.4) is 0 Å². The Bertz CT molecular complexity index is 404. The maximum absolute atomic E-state index is 5.70. The van der Waals surface area contributed by atoms with Crippen molar-refractivity contribution in [2.24, 2.45) is 5.92 Å². The van der Waals surface area contributed by atoms with Crippen molar-refractivity contribution >= 4 is 0 Å². The zero-order valence-electron chi connectivity index (χ0n) is 15.1. The van der Waals surface area contributed by atoms with Crippen LogP contribution in [0.4, 0.5) is 0 Å². The van der Waals surface area contributed by atoms with Crippen molar-refractivity contribution in [1.29, 1.82) is 0 Å². The fourth-order valence-electron chi connectivity index (χ4n) is 3.67. The van der Waals surface area contributed by atoms with Gasteiger partial charge >= 0.3 is 0 Å². The summed E-state index contributed by atoms with van der Waals surface area (Å²) >= 11 is 0. The smallest absolute Gasteiger partial charge is 0.119 e. The molecule has 130 valence electrons. The molecule has 1 aliphatic rings. The zero-order valence-corrected chi connectivity index (χ0v) is 15.1. The SMILES string of the molecule is CCCCC[C@H]1CC[C@H](c2ccc(OCCOCC)cc2)CC1. The van der Waals surface area contributed by atoms with Crippen LogP contribution in [-0.4, -0.2) is 19.8 Å². The van der Waals surface area contributed by atoms with Gasteiger partial charge in [-0.2, -0.15) is 0 Å². The number of ether oxygens (including phenoxy) is 2. The van der Waals surface area contributed by atoms with Gasteiger partial charge in [0.2, 0.25) is 0 Å². The highest BCUT2D eigenvalue weighted by Gasteiger charge is 2.21. The van der Waals surface area contributed by atoms with Crippen LogP contribution >= 0.6 is 0 Å². The van der Waals surface area contributed by atoms with Gasteiger partial charge < -0.3 is 9.47 Å². The van der Waals surface area contributed by atoms with Crippen LogP contribution in [-0.2, 0) is 4.74 Å². The van der Waals surface area contributed by atoms with Crippen molar-refractivity contribution in [2.75, 3.05) is 19.8 Å². The Kier molecular flexibility index (Phi) is 8.52. The number of unbranched alkanes of at least 4 members (excludes halogenated alkanes) is 2. The van der Waals surface area contributed by atoms with E-state index in [1.165, 1.54) is 56.9 Å². The Morgan fingerprint density at radius 3 is 2.30 bits per heavy atom. The molecule has 0 aliphatic heterocycles. The minimum atomic E-state index is 0.635. The molecule has 0 atom stereocenters. The molecule has 0 saturated heterocycles. The Balaban J connectivity index is 1.71. The van der Waals surface area contributed by atoms with Gasteiger partial charge in [0, 0.05) is 6.61 Å².